The summed E-state index contributed by atoms with van der Waals surface area (Å²) < 4.78 is 5.58. The number of carbonyl (C=O) groups excluding carboxylic acids is 2. The number of nitrogens with zero attached hydrogens (tertiary/aromatic N) is 4. The minimum Gasteiger partial charge on any atom is -0.494 e. The molecule has 0 bridgehead atoms. The molecule has 1 fully saturated rings. The highest BCUT2D eigenvalue weighted by molar-refractivity contribution is 7.21. The maximum atomic E-state index is 12.6. The predicted octanol–water partition coefficient (Wildman–Crippen LogP) is 2.84. The van der Waals surface area contributed by atoms with E-state index in [-0.39, 0.29) is 24.7 Å². The van der Waals surface area contributed by atoms with Gasteiger partial charge in [0.1, 0.15) is 16.1 Å². The van der Waals surface area contributed by atoms with Crippen LogP contribution in [0.3, 0.4) is 0 Å². The Balaban J connectivity index is 1.21. The highest BCUT2D eigenvalue weighted by Crippen LogP contribution is 2.27. The number of hydrogen-bond donors (Lipinski definition) is 1. The van der Waals surface area contributed by atoms with Gasteiger partial charge in [0.15, 0.2) is 5.13 Å². The molecule has 1 N–H and O–H groups in total. The van der Waals surface area contributed by atoms with Crippen molar-refractivity contribution in [2.45, 2.75) is 26.3 Å². The van der Waals surface area contributed by atoms with E-state index in [4.69, 9.17) is 4.74 Å². The van der Waals surface area contributed by atoms with Crippen LogP contribution in [-0.2, 0) is 16.1 Å². The Bertz CT molecular complexity index is 1050. The number of rotatable bonds is 8. The Morgan fingerprint density at radius 1 is 1.09 bits per heavy atom. The van der Waals surface area contributed by atoms with Crippen LogP contribution in [0.5, 0.6) is 5.75 Å². The van der Waals surface area contributed by atoms with Crippen LogP contribution < -0.4 is 15.0 Å². The second-order valence-electron chi connectivity index (χ2n) is 7.51. The highest BCUT2D eigenvalue weighted by atomic mass is 32.1. The quantitative estimate of drug-likeness (QED) is 0.564. The molecule has 1 aliphatic heterocycles. The number of para-hydroxylation sites is 1. The standard InChI is InChI=1S/C23H27N5O3S/c1-2-31-19-8-4-3-6-17(19)16-25-20(29)9-10-21(30)27-12-14-28(15-13-27)23-26-18-7-5-11-24-22(18)32-23/h3-8,11H,2,9-10,12-16H2,1H3,(H,25,29). The summed E-state index contributed by atoms with van der Waals surface area (Å²) in [5.74, 6) is 0.652. The summed E-state index contributed by atoms with van der Waals surface area (Å²) >= 11 is 1.57. The Kier molecular flexibility index (Phi) is 7.16. The molecule has 1 aliphatic rings. The first kappa shape index (κ1) is 22.0. The molecule has 0 aliphatic carbocycles. The number of benzene rings is 1. The third-order valence-electron chi connectivity index (χ3n) is 5.37. The Morgan fingerprint density at radius 3 is 2.69 bits per heavy atom. The summed E-state index contributed by atoms with van der Waals surface area (Å²) in [5.41, 5.74) is 1.83. The van der Waals surface area contributed by atoms with Crippen LogP contribution in [0.15, 0.2) is 42.6 Å². The minimum absolute atomic E-state index is 0.0143. The summed E-state index contributed by atoms with van der Waals surface area (Å²) in [4.78, 5) is 38.8. The average molecular weight is 454 g/mol. The molecule has 168 valence electrons. The molecular formula is C23H27N5O3S. The Hall–Kier alpha value is -3.20. The zero-order valence-corrected chi connectivity index (χ0v) is 18.9. The van der Waals surface area contributed by atoms with Gasteiger partial charge < -0.3 is 19.9 Å². The topological polar surface area (TPSA) is 87.7 Å². The molecule has 8 nitrogen and oxygen atoms in total. The van der Waals surface area contributed by atoms with Crippen molar-refractivity contribution in [3.8, 4) is 5.75 Å². The number of fused-ring (bicyclic) bond motifs is 1. The molecule has 2 amide bonds. The van der Waals surface area contributed by atoms with Crippen LogP contribution in [0, 0.1) is 0 Å². The van der Waals surface area contributed by atoms with Gasteiger partial charge in [0.25, 0.3) is 0 Å². The number of anilines is 1. The summed E-state index contributed by atoms with van der Waals surface area (Å²) in [6.45, 7) is 5.60. The normalized spacial score (nSPS) is 13.9. The molecule has 2 aromatic heterocycles. The van der Waals surface area contributed by atoms with Gasteiger partial charge >= 0.3 is 0 Å². The van der Waals surface area contributed by atoms with E-state index in [0.717, 1.165) is 39.9 Å². The maximum absolute atomic E-state index is 12.6. The lowest BCUT2D eigenvalue weighted by molar-refractivity contribution is -0.133. The molecule has 3 heterocycles. The lowest BCUT2D eigenvalue weighted by Gasteiger charge is -2.34. The van der Waals surface area contributed by atoms with Gasteiger partial charge in [-0.05, 0) is 25.1 Å². The molecule has 9 heteroatoms. The van der Waals surface area contributed by atoms with E-state index < -0.39 is 0 Å². The van der Waals surface area contributed by atoms with Crippen molar-refractivity contribution in [1.82, 2.24) is 20.2 Å². The summed E-state index contributed by atoms with van der Waals surface area (Å²) in [5, 5.41) is 3.83. The lowest BCUT2D eigenvalue weighted by atomic mass is 10.2. The van der Waals surface area contributed by atoms with Gasteiger partial charge in [0, 0.05) is 57.3 Å². The second-order valence-corrected chi connectivity index (χ2v) is 8.47. The number of carbonyl (C=O) groups is 2. The molecule has 0 spiro atoms. The summed E-state index contributed by atoms with van der Waals surface area (Å²) in [7, 11) is 0. The fourth-order valence-corrected chi connectivity index (χ4v) is 4.61. The fourth-order valence-electron chi connectivity index (χ4n) is 3.65. The fraction of sp³-hybridized carbons (Fsp3) is 0.391. The van der Waals surface area contributed by atoms with Crippen LogP contribution in [0.25, 0.3) is 10.3 Å². The van der Waals surface area contributed by atoms with Crippen molar-refractivity contribution in [1.29, 1.82) is 0 Å². The number of ether oxygens (including phenoxy) is 1. The van der Waals surface area contributed by atoms with E-state index in [2.05, 4.69) is 20.2 Å². The smallest absolute Gasteiger partial charge is 0.223 e. The maximum Gasteiger partial charge on any atom is 0.223 e. The number of piperazine rings is 1. The molecule has 4 rings (SSSR count). The Labute approximate surface area is 191 Å². The van der Waals surface area contributed by atoms with E-state index in [1.165, 1.54) is 0 Å². The van der Waals surface area contributed by atoms with E-state index in [1.54, 1.807) is 17.5 Å². The van der Waals surface area contributed by atoms with Crippen molar-refractivity contribution in [2.75, 3.05) is 37.7 Å². The van der Waals surface area contributed by atoms with Crippen LogP contribution in [0.4, 0.5) is 5.13 Å². The van der Waals surface area contributed by atoms with Gasteiger partial charge in [0.2, 0.25) is 11.8 Å². The zero-order chi connectivity index (χ0) is 22.3. The molecule has 32 heavy (non-hydrogen) atoms. The molecule has 0 radical (unpaired) electrons. The van der Waals surface area contributed by atoms with E-state index in [9.17, 15) is 9.59 Å². The first-order valence-corrected chi connectivity index (χ1v) is 11.7. The number of nitrogens with one attached hydrogen (secondary N) is 1. The minimum atomic E-state index is -0.134. The molecular weight excluding hydrogens is 426 g/mol. The number of aromatic nitrogens is 2. The molecule has 0 atom stereocenters. The van der Waals surface area contributed by atoms with Crippen molar-refractivity contribution >= 4 is 38.6 Å². The summed E-state index contributed by atoms with van der Waals surface area (Å²) in [6.07, 6.45) is 2.16. The zero-order valence-electron chi connectivity index (χ0n) is 18.1. The van der Waals surface area contributed by atoms with Crippen LogP contribution in [-0.4, -0.2) is 59.5 Å². The summed E-state index contributed by atoms with van der Waals surface area (Å²) in [6, 6.07) is 11.5. The van der Waals surface area contributed by atoms with Crippen molar-refractivity contribution in [3.05, 3.63) is 48.2 Å². The van der Waals surface area contributed by atoms with Crippen LogP contribution >= 0.6 is 11.3 Å². The van der Waals surface area contributed by atoms with Gasteiger partial charge in [-0.3, -0.25) is 9.59 Å². The first-order valence-electron chi connectivity index (χ1n) is 10.9. The average Bonchev–Trinajstić information content (AvgIpc) is 3.27. The van der Waals surface area contributed by atoms with Gasteiger partial charge in [-0.1, -0.05) is 29.5 Å². The third-order valence-corrected chi connectivity index (χ3v) is 6.41. The van der Waals surface area contributed by atoms with Crippen molar-refractivity contribution in [3.63, 3.8) is 0 Å². The molecule has 3 aromatic rings. The van der Waals surface area contributed by atoms with Gasteiger partial charge in [-0.15, -0.1) is 0 Å². The lowest BCUT2D eigenvalue weighted by Crippen LogP contribution is -2.48. The third kappa shape index (κ3) is 5.34. The van der Waals surface area contributed by atoms with Crippen LogP contribution in [0.1, 0.15) is 25.3 Å². The number of amides is 2. The number of hydrogen-bond acceptors (Lipinski definition) is 7. The number of thiazole rings is 1. The SMILES string of the molecule is CCOc1ccccc1CNC(=O)CCC(=O)N1CCN(c2nc3cccnc3s2)CC1. The molecule has 0 saturated carbocycles. The highest BCUT2D eigenvalue weighted by Gasteiger charge is 2.23. The molecule has 0 unspecified atom stereocenters. The van der Waals surface area contributed by atoms with E-state index in [1.807, 2.05) is 48.2 Å². The Morgan fingerprint density at radius 2 is 1.91 bits per heavy atom. The second kappa shape index (κ2) is 10.4. The van der Waals surface area contributed by atoms with E-state index in [0.29, 0.717) is 26.2 Å². The molecule has 1 aromatic carbocycles. The van der Waals surface area contributed by atoms with Crippen molar-refractivity contribution < 1.29 is 14.3 Å². The predicted molar refractivity (Wildman–Crippen MR) is 125 cm³/mol. The van der Waals surface area contributed by atoms with Crippen molar-refractivity contribution in [2.24, 2.45) is 0 Å². The van der Waals surface area contributed by atoms with Gasteiger partial charge in [-0.25, -0.2) is 9.97 Å². The number of pyridine rings is 1. The van der Waals surface area contributed by atoms with E-state index >= 15 is 0 Å². The van der Waals surface area contributed by atoms with Gasteiger partial charge in [-0.2, -0.15) is 0 Å². The first-order chi connectivity index (χ1) is 15.6. The van der Waals surface area contributed by atoms with Gasteiger partial charge in [0.05, 0.1) is 6.61 Å². The van der Waals surface area contributed by atoms with Crippen LogP contribution in [0.2, 0.25) is 0 Å². The monoisotopic (exact) mass is 453 g/mol. The molecule has 1 saturated heterocycles. The largest absolute Gasteiger partial charge is 0.494 e.